The minimum Gasteiger partial charge on any atom is -0.271 e. The van der Waals surface area contributed by atoms with Gasteiger partial charge in [0.1, 0.15) is 0 Å². The molecule has 0 spiro atoms. The Morgan fingerprint density at radius 2 is 2.50 bits per heavy atom. The molecule has 0 aliphatic heterocycles. The number of hydrogen-bond acceptors (Lipinski definition) is 3. The van der Waals surface area contributed by atoms with E-state index in [-0.39, 0.29) is 6.04 Å². The molecule has 1 unspecified atom stereocenters. The molecule has 1 rings (SSSR count). The molecule has 3 N–H and O–H groups in total. The second kappa shape index (κ2) is 5.38. The zero-order valence-corrected chi connectivity index (χ0v) is 9.58. The Hall–Kier alpha value is -0.530. The average molecular weight is 229 g/mol. The number of halogens is 1. The molecular formula is C10H13ClN2S. The third kappa shape index (κ3) is 2.49. The summed E-state index contributed by atoms with van der Waals surface area (Å²) >= 11 is 7.74. The predicted molar refractivity (Wildman–Crippen MR) is 62.2 cm³/mol. The highest BCUT2D eigenvalue weighted by Crippen LogP contribution is 2.33. The van der Waals surface area contributed by atoms with Gasteiger partial charge in [-0.15, -0.1) is 23.7 Å². The van der Waals surface area contributed by atoms with Crippen LogP contribution in [0.1, 0.15) is 29.3 Å². The van der Waals surface area contributed by atoms with E-state index in [0.29, 0.717) is 6.42 Å². The SMILES string of the molecule is C#CCCC(NN)c1scc(C)c1Cl. The number of nitrogens with two attached hydrogens (primary N) is 1. The fourth-order valence-corrected chi connectivity index (χ4v) is 2.62. The van der Waals surface area contributed by atoms with E-state index in [0.717, 1.165) is 21.9 Å². The van der Waals surface area contributed by atoms with Crippen LogP contribution in [-0.4, -0.2) is 0 Å². The van der Waals surface area contributed by atoms with Crippen molar-refractivity contribution < 1.29 is 0 Å². The van der Waals surface area contributed by atoms with Crippen molar-refractivity contribution in [1.29, 1.82) is 0 Å². The van der Waals surface area contributed by atoms with E-state index in [1.54, 1.807) is 11.3 Å². The largest absolute Gasteiger partial charge is 0.271 e. The molecule has 4 heteroatoms. The first-order chi connectivity index (χ1) is 6.70. The van der Waals surface area contributed by atoms with Gasteiger partial charge in [0.25, 0.3) is 0 Å². The van der Waals surface area contributed by atoms with Gasteiger partial charge in [0.05, 0.1) is 11.1 Å². The highest BCUT2D eigenvalue weighted by Gasteiger charge is 2.15. The van der Waals surface area contributed by atoms with Crippen LogP contribution in [0.2, 0.25) is 5.02 Å². The van der Waals surface area contributed by atoms with Crippen LogP contribution in [0.4, 0.5) is 0 Å². The Kier molecular flexibility index (Phi) is 4.43. The molecule has 0 aromatic carbocycles. The van der Waals surface area contributed by atoms with E-state index in [4.69, 9.17) is 23.9 Å². The van der Waals surface area contributed by atoms with Crippen molar-refractivity contribution in [3.63, 3.8) is 0 Å². The number of hydrogen-bond donors (Lipinski definition) is 2. The van der Waals surface area contributed by atoms with Gasteiger partial charge in [0.2, 0.25) is 0 Å². The molecule has 2 nitrogen and oxygen atoms in total. The smallest absolute Gasteiger partial charge is 0.0590 e. The van der Waals surface area contributed by atoms with Gasteiger partial charge in [-0.2, -0.15) is 0 Å². The molecular weight excluding hydrogens is 216 g/mol. The maximum atomic E-state index is 6.12. The number of nitrogens with one attached hydrogen (secondary N) is 1. The molecule has 0 fully saturated rings. The first-order valence-electron chi connectivity index (χ1n) is 4.33. The van der Waals surface area contributed by atoms with Crippen molar-refractivity contribution in [2.24, 2.45) is 5.84 Å². The zero-order valence-electron chi connectivity index (χ0n) is 8.01. The monoisotopic (exact) mass is 228 g/mol. The normalized spacial score (nSPS) is 12.4. The molecule has 1 heterocycles. The Morgan fingerprint density at radius 3 is 2.93 bits per heavy atom. The first-order valence-corrected chi connectivity index (χ1v) is 5.59. The van der Waals surface area contributed by atoms with Gasteiger partial charge in [-0.05, 0) is 24.3 Å². The van der Waals surface area contributed by atoms with Crippen LogP contribution in [0.15, 0.2) is 5.38 Å². The van der Waals surface area contributed by atoms with Crippen molar-refractivity contribution in [3.05, 3.63) is 20.8 Å². The lowest BCUT2D eigenvalue weighted by Gasteiger charge is -2.13. The standard InChI is InChI=1S/C10H13ClN2S/c1-3-4-5-8(13-12)10-9(11)7(2)6-14-10/h1,6,8,13H,4-5,12H2,2H3. The first kappa shape index (κ1) is 11.5. The van der Waals surface area contributed by atoms with E-state index in [9.17, 15) is 0 Å². The second-order valence-electron chi connectivity index (χ2n) is 3.06. The predicted octanol–water partition coefficient (Wildman–Crippen LogP) is 2.63. The molecule has 1 atom stereocenters. The molecule has 76 valence electrons. The summed E-state index contributed by atoms with van der Waals surface area (Å²) in [4.78, 5) is 1.07. The molecule has 0 aliphatic carbocycles. The third-order valence-corrected chi connectivity index (χ3v) is 3.85. The van der Waals surface area contributed by atoms with Crippen molar-refractivity contribution in [2.75, 3.05) is 0 Å². The molecule has 0 saturated heterocycles. The van der Waals surface area contributed by atoms with Crippen molar-refractivity contribution >= 4 is 22.9 Å². The molecule has 0 amide bonds. The summed E-state index contributed by atoms with van der Waals surface area (Å²) in [6.07, 6.45) is 6.71. The summed E-state index contributed by atoms with van der Waals surface area (Å²) < 4.78 is 0. The number of rotatable bonds is 4. The lowest BCUT2D eigenvalue weighted by atomic mass is 10.1. The van der Waals surface area contributed by atoms with Crippen molar-refractivity contribution in [3.8, 4) is 12.3 Å². The number of hydrazine groups is 1. The third-order valence-electron chi connectivity index (χ3n) is 2.02. The fraction of sp³-hybridized carbons (Fsp3) is 0.400. The van der Waals surface area contributed by atoms with Crippen LogP contribution in [-0.2, 0) is 0 Å². The number of aryl methyl sites for hydroxylation is 1. The van der Waals surface area contributed by atoms with E-state index in [2.05, 4.69) is 11.3 Å². The lowest BCUT2D eigenvalue weighted by Crippen LogP contribution is -2.27. The van der Waals surface area contributed by atoms with Crippen LogP contribution in [0.25, 0.3) is 0 Å². The molecule has 0 saturated carbocycles. The Bertz CT molecular complexity index is 340. The second-order valence-corrected chi connectivity index (χ2v) is 4.35. The van der Waals surface area contributed by atoms with Gasteiger partial charge < -0.3 is 0 Å². The van der Waals surface area contributed by atoms with E-state index in [1.807, 2.05) is 12.3 Å². The maximum absolute atomic E-state index is 6.12. The average Bonchev–Trinajstić information content (AvgIpc) is 2.51. The quantitative estimate of drug-likeness (QED) is 0.472. The van der Waals surface area contributed by atoms with E-state index in [1.165, 1.54) is 0 Å². The summed E-state index contributed by atoms with van der Waals surface area (Å²) in [5, 5.41) is 2.83. The van der Waals surface area contributed by atoms with Crippen molar-refractivity contribution in [1.82, 2.24) is 5.43 Å². The maximum Gasteiger partial charge on any atom is 0.0590 e. The van der Waals surface area contributed by atoms with Gasteiger partial charge in [-0.25, -0.2) is 0 Å². The molecule has 0 aliphatic rings. The molecule has 1 aromatic heterocycles. The summed E-state index contributed by atoms with van der Waals surface area (Å²) in [6.45, 7) is 1.98. The van der Waals surface area contributed by atoms with Gasteiger partial charge >= 0.3 is 0 Å². The molecule has 0 bridgehead atoms. The van der Waals surface area contributed by atoms with Crippen LogP contribution in [0, 0.1) is 19.3 Å². The summed E-state index contributed by atoms with van der Waals surface area (Å²) in [7, 11) is 0. The Morgan fingerprint density at radius 1 is 1.79 bits per heavy atom. The topological polar surface area (TPSA) is 38.0 Å². The van der Waals surface area contributed by atoms with Gasteiger partial charge in [0.15, 0.2) is 0 Å². The van der Waals surface area contributed by atoms with Crippen LogP contribution in [0.3, 0.4) is 0 Å². The molecule has 1 aromatic rings. The molecule has 0 radical (unpaired) electrons. The minimum absolute atomic E-state index is 0.0669. The number of terminal acetylenes is 1. The summed E-state index contributed by atoms with van der Waals surface area (Å²) in [5.74, 6) is 8.05. The Labute approximate surface area is 93.4 Å². The van der Waals surface area contributed by atoms with Gasteiger partial charge in [0, 0.05) is 11.3 Å². The Balaban J connectivity index is 2.79. The van der Waals surface area contributed by atoms with Crippen LogP contribution >= 0.6 is 22.9 Å². The van der Waals surface area contributed by atoms with Gasteiger partial charge in [-0.1, -0.05) is 11.6 Å². The van der Waals surface area contributed by atoms with Crippen LogP contribution in [0.5, 0.6) is 0 Å². The van der Waals surface area contributed by atoms with E-state index >= 15 is 0 Å². The van der Waals surface area contributed by atoms with Crippen molar-refractivity contribution in [2.45, 2.75) is 25.8 Å². The summed E-state index contributed by atoms with van der Waals surface area (Å²) in [5.41, 5.74) is 3.83. The van der Waals surface area contributed by atoms with E-state index < -0.39 is 0 Å². The zero-order chi connectivity index (χ0) is 10.6. The minimum atomic E-state index is 0.0669. The van der Waals surface area contributed by atoms with Crippen LogP contribution < -0.4 is 11.3 Å². The lowest BCUT2D eigenvalue weighted by molar-refractivity contribution is 0.532. The highest BCUT2D eigenvalue weighted by molar-refractivity contribution is 7.10. The summed E-state index contributed by atoms with van der Waals surface area (Å²) in [6, 6.07) is 0.0669. The van der Waals surface area contributed by atoms with Gasteiger partial charge in [-0.3, -0.25) is 11.3 Å². The highest BCUT2D eigenvalue weighted by atomic mass is 35.5. The fourth-order valence-electron chi connectivity index (χ4n) is 1.20. The molecule has 14 heavy (non-hydrogen) atoms. The number of thiophene rings is 1.